The molecule has 0 aliphatic carbocycles. The Labute approximate surface area is 122 Å². The molecule has 0 spiro atoms. The number of aliphatic hydroxyl groups excluding tert-OH is 1. The van der Waals surface area contributed by atoms with Crippen molar-refractivity contribution in [2.45, 2.75) is 13.0 Å². The van der Waals surface area contributed by atoms with Crippen LogP contribution >= 0.6 is 22.6 Å². The first-order valence-electron chi connectivity index (χ1n) is 5.48. The summed E-state index contributed by atoms with van der Waals surface area (Å²) in [4.78, 5) is 0. The van der Waals surface area contributed by atoms with Crippen LogP contribution in [-0.2, 0) is 0 Å². The van der Waals surface area contributed by atoms with Gasteiger partial charge >= 0.3 is 0 Å². The molecule has 0 aromatic heterocycles. The Hall–Kier alpha value is -1.08. The summed E-state index contributed by atoms with van der Waals surface area (Å²) in [6.45, 7) is 1.49. The van der Waals surface area contributed by atoms with Crippen LogP contribution in [0.2, 0.25) is 0 Å². The van der Waals surface area contributed by atoms with E-state index >= 15 is 0 Å². The summed E-state index contributed by atoms with van der Waals surface area (Å²) in [5.74, 6) is -1.92. The van der Waals surface area contributed by atoms with E-state index in [2.05, 4.69) is 0 Å². The zero-order valence-corrected chi connectivity index (χ0v) is 12.1. The van der Waals surface area contributed by atoms with Crippen LogP contribution in [0.3, 0.4) is 0 Å². The summed E-state index contributed by atoms with van der Waals surface area (Å²) in [6, 6.07) is 5.82. The first-order valence-corrected chi connectivity index (χ1v) is 6.56. The molecule has 0 amide bonds. The number of aryl methyl sites for hydroxylation is 1. The second-order valence-electron chi connectivity index (χ2n) is 4.19. The Morgan fingerprint density at radius 3 is 2.32 bits per heavy atom. The molecule has 0 saturated carbocycles. The van der Waals surface area contributed by atoms with Gasteiger partial charge in [0.25, 0.3) is 0 Å². The maximum Gasteiger partial charge on any atom is 0.132 e. The third-order valence-corrected chi connectivity index (χ3v) is 3.76. The summed E-state index contributed by atoms with van der Waals surface area (Å²) in [5.41, 5.74) is 0.600. The van der Waals surface area contributed by atoms with Gasteiger partial charge in [-0.05, 0) is 58.8 Å². The van der Waals surface area contributed by atoms with E-state index in [4.69, 9.17) is 0 Å². The van der Waals surface area contributed by atoms with Gasteiger partial charge in [0.1, 0.15) is 23.6 Å². The molecule has 100 valence electrons. The fourth-order valence-electron chi connectivity index (χ4n) is 1.78. The van der Waals surface area contributed by atoms with E-state index in [9.17, 15) is 18.3 Å². The molecule has 0 radical (unpaired) electrons. The van der Waals surface area contributed by atoms with E-state index in [1.54, 1.807) is 0 Å². The predicted octanol–water partition coefficient (Wildman–Crippen LogP) is 4.10. The molecule has 0 aliphatic rings. The van der Waals surface area contributed by atoms with Crippen molar-refractivity contribution in [3.8, 4) is 0 Å². The molecule has 1 nitrogen and oxygen atoms in total. The van der Waals surface area contributed by atoms with Gasteiger partial charge in [-0.15, -0.1) is 0 Å². The zero-order valence-electron chi connectivity index (χ0n) is 9.92. The highest BCUT2D eigenvalue weighted by atomic mass is 127. The second-order valence-corrected chi connectivity index (χ2v) is 5.35. The number of hydrogen-bond acceptors (Lipinski definition) is 1. The summed E-state index contributed by atoms with van der Waals surface area (Å²) in [6.07, 6.45) is -1.26. The van der Waals surface area contributed by atoms with E-state index in [0.29, 0.717) is 9.13 Å². The average molecular weight is 378 g/mol. The monoisotopic (exact) mass is 378 g/mol. The van der Waals surface area contributed by atoms with Gasteiger partial charge in [0.05, 0.1) is 0 Å². The Kier molecular flexibility index (Phi) is 4.15. The molecule has 1 unspecified atom stereocenters. The average Bonchev–Trinajstić information content (AvgIpc) is 2.33. The van der Waals surface area contributed by atoms with Crippen LogP contribution < -0.4 is 0 Å². The third-order valence-electron chi connectivity index (χ3n) is 2.83. The van der Waals surface area contributed by atoms with Gasteiger partial charge in [-0.3, -0.25) is 0 Å². The van der Waals surface area contributed by atoms with Crippen molar-refractivity contribution >= 4 is 22.6 Å². The molecule has 1 N–H and O–H groups in total. The van der Waals surface area contributed by atoms with Gasteiger partial charge in [0.15, 0.2) is 0 Å². The fourth-order valence-corrected chi connectivity index (χ4v) is 2.55. The summed E-state index contributed by atoms with van der Waals surface area (Å²) >= 11 is 1.86. The summed E-state index contributed by atoms with van der Waals surface area (Å²) in [5, 5.41) is 10.2. The fraction of sp³-hybridized carbons (Fsp3) is 0.143. The molecular weight excluding hydrogens is 368 g/mol. The molecule has 0 bridgehead atoms. The van der Waals surface area contributed by atoms with E-state index in [1.807, 2.05) is 22.6 Å². The molecular formula is C14H10F3IO. The largest absolute Gasteiger partial charge is 0.384 e. The lowest BCUT2D eigenvalue weighted by Gasteiger charge is -2.15. The van der Waals surface area contributed by atoms with Crippen molar-refractivity contribution in [2.75, 3.05) is 0 Å². The Balaban J connectivity index is 2.49. The highest BCUT2D eigenvalue weighted by molar-refractivity contribution is 14.1. The quantitative estimate of drug-likeness (QED) is 0.781. The standard InChI is InChI=1S/C14H10F3IO/c1-7-4-10(12(17)6-11(7)16)14(19)9-3-2-8(15)5-13(9)18/h2-6,14,19H,1H3. The zero-order chi connectivity index (χ0) is 14.2. The van der Waals surface area contributed by atoms with E-state index < -0.39 is 23.6 Å². The summed E-state index contributed by atoms with van der Waals surface area (Å²) < 4.78 is 40.4. The highest BCUT2D eigenvalue weighted by Crippen LogP contribution is 2.29. The number of rotatable bonds is 2. The van der Waals surface area contributed by atoms with Gasteiger partial charge in [-0.2, -0.15) is 0 Å². The van der Waals surface area contributed by atoms with E-state index in [0.717, 1.165) is 6.07 Å². The van der Waals surface area contributed by atoms with Crippen LogP contribution in [0.15, 0.2) is 30.3 Å². The van der Waals surface area contributed by atoms with Crippen LogP contribution in [0.5, 0.6) is 0 Å². The van der Waals surface area contributed by atoms with Crippen LogP contribution in [0, 0.1) is 27.9 Å². The molecule has 19 heavy (non-hydrogen) atoms. The predicted molar refractivity (Wildman–Crippen MR) is 74.3 cm³/mol. The third kappa shape index (κ3) is 2.92. The SMILES string of the molecule is Cc1cc(C(O)c2ccc(F)cc2I)c(F)cc1F. The number of halogens is 4. The van der Waals surface area contributed by atoms with Gasteiger partial charge < -0.3 is 5.11 Å². The topological polar surface area (TPSA) is 20.2 Å². The minimum Gasteiger partial charge on any atom is -0.384 e. The Morgan fingerprint density at radius 1 is 1.00 bits per heavy atom. The van der Waals surface area contributed by atoms with Crippen molar-refractivity contribution in [3.63, 3.8) is 0 Å². The number of aliphatic hydroxyl groups is 1. The van der Waals surface area contributed by atoms with Gasteiger partial charge in [-0.25, -0.2) is 13.2 Å². The van der Waals surface area contributed by atoms with Gasteiger partial charge in [0, 0.05) is 15.2 Å². The molecule has 5 heteroatoms. The van der Waals surface area contributed by atoms with Crippen LogP contribution in [0.1, 0.15) is 22.8 Å². The minimum absolute atomic E-state index is 0.0246. The molecule has 2 aromatic rings. The lowest BCUT2D eigenvalue weighted by molar-refractivity contribution is 0.213. The normalized spacial score (nSPS) is 12.5. The molecule has 0 aliphatic heterocycles. The van der Waals surface area contributed by atoms with Gasteiger partial charge in [-0.1, -0.05) is 6.07 Å². The molecule has 2 rings (SSSR count). The second kappa shape index (κ2) is 5.50. The number of hydrogen-bond donors (Lipinski definition) is 1. The first kappa shape index (κ1) is 14.3. The lowest BCUT2D eigenvalue weighted by atomic mass is 9.99. The highest BCUT2D eigenvalue weighted by Gasteiger charge is 2.19. The molecule has 0 fully saturated rings. The van der Waals surface area contributed by atoms with Crippen molar-refractivity contribution in [1.29, 1.82) is 0 Å². The Morgan fingerprint density at radius 2 is 1.68 bits per heavy atom. The lowest BCUT2D eigenvalue weighted by Crippen LogP contribution is -2.06. The van der Waals surface area contributed by atoms with Crippen LogP contribution in [0.25, 0.3) is 0 Å². The van der Waals surface area contributed by atoms with Crippen LogP contribution in [0.4, 0.5) is 13.2 Å². The van der Waals surface area contributed by atoms with Gasteiger partial charge in [0.2, 0.25) is 0 Å². The smallest absolute Gasteiger partial charge is 0.132 e. The molecule has 1 atom stereocenters. The van der Waals surface area contributed by atoms with Crippen LogP contribution in [-0.4, -0.2) is 5.11 Å². The van der Waals surface area contributed by atoms with Crippen molar-refractivity contribution < 1.29 is 18.3 Å². The maximum atomic E-state index is 13.7. The van der Waals surface area contributed by atoms with Crippen molar-refractivity contribution in [3.05, 3.63) is 68.0 Å². The van der Waals surface area contributed by atoms with E-state index in [1.165, 1.54) is 31.2 Å². The maximum absolute atomic E-state index is 13.7. The Bertz CT molecular complexity index is 628. The van der Waals surface area contributed by atoms with Crippen molar-refractivity contribution in [1.82, 2.24) is 0 Å². The van der Waals surface area contributed by atoms with Crippen molar-refractivity contribution in [2.24, 2.45) is 0 Å². The first-order chi connectivity index (χ1) is 8.90. The summed E-state index contributed by atoms with van der Waals surface area (Å²) in [7, 11) is 0. The molecule has 0 heterocycles. The molecule has 2 aromatic carbocycles. The number of benzene rings is 2. The minimum atomic E-state index is -1.26. The molecule has 0 saturated heterocycles. The van der Waals surface area contributed by atoms with E-state index in [-0.39, 0.29) is 11.1 Å².